The second-order valence-corrected chi connectivity index (χ2v) is 3.10. The van der Waals surface area contributed by atoms with E-state index in [4.69, 9.17) is 23.1 Å². The Kier molecular flexibility index (Phi) is 3.36. The van der Waals surface area contributed by atoms with Crippen LogP contribution in [0.4, 0.5) is 13.2 Å². The summed E-state index contributed by atoms with van der Waals surface area (Å²) in [6.45, 7) is -0.157. The Morgan fingerprint density at radius 2 is 1.86 bits per heavy atom. The van der Waals surface area contributed by atoms with Crippen molar-refractivity contribution in [3.63, 3.8) is 0 Å². The molecule has 0 saturated heterocycles. The Morgan fingerprint density at radius 3 is 2.36 bits per heavy atom. The van der Waals surface area contributed by atoms with E-state index in [1.54, 1.807) is 0 Å². The maximum absolute atomic E-state index is 13.2. The fourth-order valence-electron chi connectivity index (χ4n) is 1.04. The van der Waals surface area contributed by atoms with Gasteiger partial charge >= 0.3 is 0 Å². The first-order chi connectivity index (χ1) is 6.49. The third kappa shape index (κ3) is 1.84. The van der Waals surface area contributed by atoms with Crippen LogP contribution in [0.15, 0.2) is 6.07 Å². The molecule has 0 fully saturated rings. The lowest BCUT2D eigenvalue weighted by Crippen LogP contribution is -2.23. The molecule has 14 heavy (non-hydrogen) atoms. The Hall–Kier alpha value is -0.780. The minimum Gasteiger partial charge on any atom is -0.329 e. The molecule has 1 atom stereocenters. The number of halogens is 4. The Labute approximate surface area is 83.6 Å². The van der Waals surface area contributed by atoms with Gasteiger partial charge in [-0.05, 0) is 0 Å². The van der Waals surface area contributed by atoms with Crippen molar-refractivity contribution in [3.05, 3.63) is 34.1 Å². The highest BCUT2D eigenvalue weighted by Crippen LogP contribution is 2.27. The van der Waals surface area contributed by atoms with E-state index in [0.717, 1.165) is 0 Å². The van der Waals surface area contributed by atoms with E-state index < -0.39 is 34.1 Å². The molecule has 0 aliphatic carbocycles. The maximum atomic E-state index is 13.2. The van der Waals surface area contributed by atoms with Crippen LogP contribution in [-0.4, -0.2) is 6.54 Å². The third-order valence-corrected chi connectivity index (χ3v) is 2.12. The molecule has 0 bridgehead atoms. The molecule has 0 saturated carbocycles. The van der Waals surface area contributed by atoms with Gasteiger partial charge in [-0.25, -0.2) is 13.2 Å². The molecule has 1 rings (SSSR count). The van der Waals surface area contributed by atoms with Crippen LogP contribution in [0.2, 0.25) is 5.02 Å². The molecule has 2 nitrogen and oxygen atoms in total. The first-order valence-corrected chi connectivity index (χ1v) is 4.15. The van der Waals surface area contributed by atoms with Gasteiger partial charge in [0.2, 0.25) is 0 Å². The second-order valence-electron chi connectivity index (χ2n) is 2.72. The monoisotopic (exact) mass is 224 g/mol. The standard InChI is InChI=1S/C8H8ClF3N2/c9-7-4(11)1-3(10)6(8(7)12)5(14)2-13/h1,5H,2,13-14H2/t5-/m0/s1. The average Bonchev–Trinajstić information content (AvgIpc) is 2.14. The van der Waals surface area contributed by atoms with Crippen LogP contribution in [0.5, 0.6) is 0 Å². The Morgan fingerprint density at radius 1 is 1.29 bits per heavy atom. The summed E-state index contributed by atoms with van der Waals surface area (Å²) < 4.78 is 39.0. The minimum absolute atomic E-state index is 0.157. The van der Waals surface area contributed by atoms with E-state index in [1.165, 1.54) is 0 Å². The largest absolute Gasteiger partial charge is 0.329 e. The van der Waals surface area contributed by atoms with Gasteiger partial charge in [-0.1, -0.05) is 11.6 Å². The van der Waals surface area contributed by atoms with Gasteiger partial charge < -0.3 is 11.5 Å². The SMILES string of the molecule is NC[C@H](N)c1c(F)cc(F)c(Cl)c1F. The summed E-state index contributed by atoms with van der Waals surface area (Å²) in [4.78, 5) is 0. The fraction of sp³-hybridized carbons (Fsp3) is 0.250. The number of benzene rings is 1. The first kappa shape index (κ1) is 11.3. The molecule has 0 aliphatic rings. The molecule has 0 heterocycles. The molecule has 1 aromatic carbocycles. The molecule has 4 N–H and O–H groups in total. The van der Waals surface area contributed by atoms with Crippen LogP contribution in [0.1, 0.15) is 11.6 Å². The molecule has 0 aliphatic heterocycles. The molecule has 78 valence electrons. The van der Waals surface area contributed by atoms with Gasteiger partial charge in [0.1, 0.15) is 16.7 Å². The number of nitrogens with two attached hydrogens (primary N) is 2. The van der Waals surface area contributed by atoms with E-state index in [-0.39, 0.29) is 6.54 Å². The first-order valence-electron chi connectivity index (χ1n) is 3.77. The summed E-state index contributed by atoms with van der Waals surface area (Å²) in [7, 11) is 0. The van der Waals surface area contributed by atoms with Crippen LogP contribution >= 0.6 is 11.6 Å². The summed E-state index contributed by atoms with van der Waals surface area (Å²) in [5, 5.41) is -0.773. The van der Waals surface area contributed by atoms with Gasteiger partial charge in [0.25, 0.3) is 0 Å². The van der Waals surface area contributed by atoms with E-state index in [0.29, 0.717) is 6.07 Å². The zero-order valence-corrected chi connectivity index (χ0v) is 7.78. The molecule has 0 radical (unpaired) electrons. The lowest BCUT2D eigenvalue weighted by molar-refractivity contribution is 0.505. The van der Waals surface area contributed by atoms with Crippen molar-refractivity contribution in [1.82, 2.24) is 0 Å². The van der Waals surface area contributed by atoms with Gasteiger partial charge in [-0.2, -0.15) is 0 Å². The summed E-state index contributed by atoms with van der Waals surface area (Å²) in [6.07, 6.45) is 0. The van der Waals surface area contributed by atoms with E-state index in [9.17, 15) is 13.2 Å². The summed E-state index contributed by atoms with van der Waals surface area (Å²) in [5.41, 5.74) is 9.98. The highest BCUT2D eigenvalue weighted by molar-refractivity contribution is 6.30. The fourth-order valence-corrected chi connectivity index (χ4v) is 1.19. The maximum Gasteiger partial charge on any atom is 0.152 e. The zero-order valence-electron chi connectivity index (χ0n) is 7.03. The molecule has 0 unspecified atom stereocenters. The van der Waals surface area contributed by atoms with Gasteiger partial charge in [-0.3, -0.25) is 0 Å². The summed E-state index contributed by atoms with van der Waals surface area (Å²) in [5.74, 6) is -3.43. The average molecular weight is 225 g/mol. The van der Waals surface area contributed by atoms with Crippen LogP contribution in [0, 0.1) is 17.5 Å². The lowest BCUT2D eigenvalue weighted by atomic mass is 10.1. The van der Waals surface area contributed by atoms with Crippen LogP contribution in [0.25, 0.3) is 0 Å². The van der Waals surface area contributed by atoms with Crippen LogP contribution in [-0.2, 0) is 0 Å². The molecule has 1 aromatic rings. The third-order valence-electron chi connectivity index (χ3n) is 1.77. The van der Waals surface area contributed by atoms with Crippen LogP contribution in [0.3, 0.4) is 0 Å². The van der Waals surface area contributed by atoms with E-state index in [2.05, 4.69) is 0 Å². The van der Waals surface area contributed by atoms with Crippen molar-refractivity contribution in [2.75, 3.05) is 6.54 Å². The van der Waals surface area contributed by atoms with Gasteiger partial charge in [0, 0.05) is 24.2 Å². The summed E-state index contributed by atoms with van der Waals surface area (Å²) >= 11 is 5.24. The number of rotatable bonds is 2. The highest BCUT2D eigenvalue weighted by Gasteiger charge is 2.21. The Balaban J connectivity index is 3.36. The topological polar surface area (TPSA) is 52.0 Å². The van der Waals surface area contributed by atoms with Crippen molar-refractivity contribution < 1.29 is 13.2 Å². The smallest absolute Gasteiger partial charge is 0.152 e. The molecule has 0 amide bonds. The van der Waals surface area contributed by atoms with E-state index in [1.807, 2.05) is 0 Å². The number of hydrogen-bond acceptors (Lipinski definition) is 2. The number of hydrogen-bond donors (Lipinski definition) is 2. The molecular formula is C8H8ClF3N2. The second kappa shape index (κ2) is 4.16. The van der Waals surface area contributed by atoms with Crippen molar-refractivity contribution in [2.24, 2.45) is 11.5 Å². The van der Waals surface area contributed by atoms with Gasteiger partial charge in [0.15, 0.2) is 5.82 Å². The molecule has 0 spiro atoms. The zero-order chi connectivity index (χ0) is 10.9. The van der Waals surface area contributed by atoms with Gasteiger partial charge in [-0.15, -0.1) is 0 Å². The molecular weight excluding hydrogens is 217 g/mol. The van der Waals surface area contributed by atoms with E-state index >= 15 is 0 Å². The highest BCUT2D eigenvalue weighted by atomic mass is 35.5. The normalized spacial score (nSPS) is 13.0. The molecule has 0 aromatic heterocycles. The lowest BCUT2D eigenvalue weighted by Gasteiger charge is -2.12. The minimum atomic E-state index is -1.19. The predicted molar refractivity (Wildman–Crippen MR) is 47.3 cm³/mol. The van der Waals surface area contributed by atoms with Crippen molar-refractivity contribution >= 4 is 11.6 Å². The van der Waals surface area contributed by atoms with Crippen molar-refractivity contribution in [2.45, 2.75) is 6.04 Å². The Bertz CT molecular complexity index is 357. The quantitative estimate of drug-likeness (QED) is 0.594. The van der Waals surface area contributed by atoms with Gasteiger partial charge in [0.05, 0.1) is 0 Å². The van der Waals surface area contributed by atoms with Crippen molar-refractivity contribution in [3.8, 4) is 0 Å². The molecule has 6 heteroatoms. The van der Waals surface area contributed by atoms with Crippen LogP contribution < -0.4 is 11.5 Å². The van der Waals surface area contributed by atoms with Crippen molar-refractivity contribution in [1.29, 1.82) is 0 Å². The summed E-state index contributed by atoms with van der Waals surface area (Å²) in [6, 6.07) is -0.552. The predicted octanol–water partition coefficient (Wildman–Crippen LogP) is 1.72.